The molecule has 0 saturated heterocycles. The number of benzene rings is 1. The van der Waals surface area contributed by atoms with E-state index in [1.807, 2.05) is 11.5 Å². The molecule has 1 aromatic carbocycles. The van der Waals surface area contributed by atoms with E-state index in [0.29, 0.717) is 17.2 Å². The predicted octanol–water partition coefficient (Wildman–Crippen LogP) is 3.29. The van der Waals surface area contributed by atoms with Gasteiger partial charge in [-0.15, -0.1) is 11.8 Å². The van der Waals surface area contributed by atoms with Gasteiger partial charge in [0.25, 0.3) is 0 Å². The van der Waals surface area contributed by atoms with Gasteiger partial charge in [-0.1, -0.05) is 13.6 Å². The second-order valence-electron chi connectivity index (χ2n) is 4.09. The minimum absolute atomic E-state index is 0.293. The molecule has 6 heteroatoms. The van der Waals surface area contributed by atoms with Crippen LogP contribution in [-0.4, -0.2) is 23.7 Å². The number of nitrogens with zero attached hydrogens (tertiary/aromatic N) is 1. The summed E-state index contributed by atoms with van der Waals surface area (Å²) >= 11 is 1.60. The van der Waals surface area contributed by atoms with Crippen molar-refractivity contribution in [3.63, 3.8) is 0 Å². The van der Waals surface area contributed by atoms with Crippen molar-refractivity contribution in [3.8, 4) is 0 Å². The summed E-state index contributed by atoms with van der Waals surface area (Å²) in [5.74, 6) is 0.143. The van der Waals surface area contributed by atoms with Gasteiger partial charge in [0, 0.05) is 18.8 Å². The second kappa shape index (κ2) is 6.07. The average Bonchev–Trinajstić information content (AvgIpc) is 2.15. The van der Waals surface area contributed by atoms with Crippen LogP contribution in [-0.2, 0) is 0 Å². The molecule has 2 N–H and O–H groups in total. The Morgan fingerprint density at radius 1 is 1.47 bits per heavy atom. The molecule has 0 heterocycles. The summed E-state index contributed by atoms with van der Waals surface area (Å²) in [6.07, 6.45) is 1.24. The zero-order valence-electron chi connectivity index (χ0n) is 10.5. The number of anilines is 1. The summed E-state index contributed by atoms with van der Waals surface area (Å²) in [5, 5.41) is 7.37. The van der Waals surface area contributed by atoms with Crippen LogP contribution in [0.3, 0.4) is 0 Å². The zero-order valence-corrected chi connectivity index (χ0v) is 11.4. The van der Waals surface area contributed by atoms with Crippen LogP contribution >= 0.6 is 11.8 Å². The third kappa shape index (κ3) is 4.05. The molecule has 0 aliphatic heterocycles. The van der Waals surface area contributed by atoms with E-state index in [1.165, 1.54) is 18.3 Å². The van der Waals surface area contributed by atoms with E-state index in [-0.39, 0.29) is 5.82 Å². The number of hydrogen-bond acceptors (Lipinski definition) is 4. The molecular weight excluding hydrogens is 236 g/mol. The van der Waals surface area contributed by atoms with Gasteiger partial charge < -0.3 is 10.8 Å². The lowest BCUT2D eigenvalue weighted by molar-refractivity contribution is 0.623. The van der Waals surface area contributed by atoms with Crippen molar-refractivity contribution in [2.75, 3.05) is 12.5 Å². The highest BCUT2D eigenvalue weighted by Gasteiger charge is 2.10. The molecule has 0 aliphatic carbocycles. The Morgan fingerprint density at radius 3 is 2.65 bits per heavy atom. The fourth-order valence-corrected chi connectivity index (χ4v) is 2.33. The molecule has 17 heavy (non-hydrogen) atoms. The minimum Gasteiger partial charge on any atom is -0.310 e. The number of hydrogen-bond donors (Lipinski definition) is 2. The van der Waals surface area contributed by atoms with E-state index in [0.717, 1.165) is 5.56 Å². The number of aryl methyl sites for hydroxylation is 1. The van der Waals surface area contributed by atoms with Gasteiger partial charge in [-0.25, -0.2) is 4.39 Å². The molecule has 92 valence electrons. The van der Waals surface area contributed by atoms with Crippen LogP contribution in [0, 0.1) is 18.2 Å². The molecule has 0 atom stereocenters. The van der Waals surface area contributed by atoms with Crippen LogP contribution < -0.4 is 5.43 Å². The SMILES string of the molecule is CB(C)SN(C)Nc1cc(F)cc(C)c1C=N. The van der Waals surface area contributed by atoms with Gasteiger partial charge in [-0.2, -0.15) is 4.41 Å². The van der Waals surface area contributed by atoms with Crippen molar-refractivity contribution in [2.45, 2.75) is 20.6 Å². The van der Waals surface area contributed by atoms with E-state index in [9.17, 15) is 4.39 Å². The number of halogens is 1. The summed E-state index contributed by atoms with van der Waals surface area (Å²) < 4.78 is 15.1. The lowest BCUT2D eigenvalue weighted by Crippen LogP contribution is -2.22. The highest BCUT2D eigenvalue weighted by atomic mass is 32.2. The van der Waals surface area contributed by atoms with Crippen LogP contribution in [0.5, 0.6) is 0 Å². The van der Waals surface area contributed by atoms with Crippen molar-refractivity contribution in [1.82, 2.24) is 4.41 Å². The highest BCUT2D eigenvalue weighted by molar-refractivity contribution is 8.23. The van der Waals surface area contributed by atoms with E-state index in [4.69, 9.17) is 5.41 Å². The first-order valence-electron chi connectivity index (χ1n) is 5.41. The fraction of sp³-hybridized carbons (Fsp3) is 0.364. The van der Waals surface area contributed by atoms with E-state index in [2.05, 4.69) is 19.1 Å². The van der Waals surface area contributed by atoms with Crippen LogP contribution in [0.15, 0.2) is 12.1 Å². The zero-order chi connectivity index (χ0) is 13.0. The van der Waals surface area contributed by atoms with Crippen molar-refractivity contribution < 1.29 is 4.39 Å². The molecule has 0 aliphatic rings. The molecule has 1 aromatic rings. The van der Waals surface area contributed by atoms with Gasteiger partial charge in [-0.05, 0) is 24.6 Å². The summed E-state index contributed by atoms with van der Waals surface area (Å²) in [5.41, 5.74) is 5.16. The first-order valence-corrected chi connectivity index (χ1v) is 6.25. The topological polar surface area (TPSA) is 39.1 Å². The fourth-order valence-electron chi connectivity index (χ4n) is 1.55. The monoisotopic (exact) mass is 253 g/mol. The lowest BCUT2D eigenvalue weighted by atomic mass is 9.84. The summed E-state index contributed by atoms with van der Waals surface area (Å²) in [7, 11) is 1.87. The molecule has 0 bridgehead atoms. The van der Waals surface area contributed by atoms with E-state index < -0.39 is 0 Å². The molecule has 0 saturated carbocycles. The molecule has 3 nitrogen and oxygen atoms in total. The molecular formula is C11H17BFN3S. The Kier molecular flexibility index (Phi) is 5.02. The standard InChI is InChI=1S/C11H17BFN3S/c1-8-5-9(13)6-11(10(8)7-14)15-16(4)17-12(2)3/h5-7,14-15H,1-4H3. The maximum absolute atomic E-state index is 13.3. The lowest BCUT2D eigenvalue weighted by Gasteiger charge is -2.21. The van der Waals surface area contributed by atoms with Gasteiger partial charge in [0.2, 0.25) is 5.99 Å². The van der Waals surface area contributed by atoms with Crippen LogP contribution in [0.4, 0.5) is 10.1 Å². The van der Waals surface area contributed by atoms with Crippen LogP contribution in [0.1, 0.15) is 11.1 Å². The maximum atomic E-state index is 13.3. The Bertz CT molecular complexity index is 412. The third-order valence-electron chi connectivity index (χ3n) is 2.14. The smallest absolute Gasteiger partial charge is 0.226 e. The number of hydrazine groups is 1. The van der Waals surface area contributed by atoms with Gasteiger partial charge >= 0.3 is 0 Å². The normalized spacial score (nSPS) is 10.5. The molecule has 0 amide bonds. The Hall–Kier alpha value is -1.01. The second-order valence-corrected chi connectivity index (χ2v) is 5.79. The molecule has 0 radical (unpaired) electrons. The van der Waals surface area contributed by atoms with E-state index >= 15 is 0 Å². The Morgan fingerprint density at radius 2 is 2.12 bits per heavy atom. The van der Waals surface area contributed by atoms with Gasteiger partial charge in [0.1, 0.15) is 5.82 Å². The van der Waals surface area contributed by atoms with Crippen LogP contribution in [0.2, 0.25) is 13.6 Å². The highest BCUT2D eigenvalue weighted by Crippen LogP contribution is 2.22. The molecule has 0 aromatic heterocycles. The van der Waals surface area contributed by atoms with Crippen molar-refractivity contribution in [3.05, 3.63) is 29.1 Å². The van der Waals surface area contributed by atoms with Crippen LogP contribution in [0.25, 0.3) is 0 Å². The quantitative estimate of drug-likeness (QED) is 0.366. The molecule has 1 rings (SSSR count). The third-order valence-corrected chi connectivity index (χ3v) is 2.97. The molecule has 0 unspecified atom stereocenters. The summed E-state index contributed by atoms with van der Waals surface area (Å²) in [6.45, 7) is 5.96. The van der Waals surface area contributed by atoms with Gasteiger partial charge in [-0.3, -0.25) is 0 Å². The van der Waals surface area contributed by atoms with Crippen molar-refractivity contribution in [2.24, 2.45) is 0 Å². The van der Waals surface area contributed by atoms with E-state index in [1.54, 1.807) is 18.7 Å². The summed E-state index contributed by atoms with van der Waals surface area (Å²) in [4.78, 5) is 0. The first-order chi connectivity index (χ1) is 7.93. The van der Waals surface area contributed by atoms with Gasteiger partial charge in [0.15, 0.2) is 0 Å². The largest absolute Gasteiger partial charge is 0.310 e. The molecule has 0 spiro atoms. The molecule has 0 fully saturated rings. The maximum Gasteiger partial charge on any atom is 0.226 e. The Balaban J connectivity index is 2.93. The number of nitrogens with one attached hydrogen (secondary N) is 2. The average molecular weight is 253 g/mol. The Labute approximate surface area is 106 Å². The predicted molar refractivity (Wildman–Crippen MR) is 75.5 cm³/mol. The van der Waals surface area contributed by atoms with Crippen molar-refractivity contribution in [1.29, 1.82) is 5.41 Å². The number of rotatable bonds is 5. The van der Waals surface area contributed by atoms with Crippen molar-refractivity contribution >= 4 is 29.7 Å². The summed E-state index contributed by atoms with van der Waals surface area (Å²) in [6, 6.07) is 2.84. The minimum atomic E-state index is -0.293. The van der Waals surface area contributed by atoms with Gasteiger partial charge in [0.05, 0.1) is 5.69 Å². The first kappa shape index (κ1) is 14.1.